The zero-order chi connectivity index (χ0) is 20.2. The standard InChI is InChI=1S/C22H23FN2O4/c1-27-20(17-7-6-15-4-2-3-5-16(15)10-17)21-18(11-23)19(25-29-21)22(26)24-12-14-8-9-28-13-14/h2-7,10,14,20H,8-9,11-13H2,1H3,(H,24,26). The Bertz CT molecular complexity index is 997. The largest absolute Gasteiger partial charge is 0.381 e. The third-order valence-corrected chi connectivity index (χ3v) is 5.29. The SMILES string of the molecule is COC(c1ccc2ccccc2c1)c1onc(C(=O)NCC2CCOC2)c1CF. The van der Waals surface area contributed by atoms with Crippen LogP contribution in [0.25, 0.3) is 10.8 Å². The van der Waals surface area contributed by atoms with Crippen LogP contribution in [0, 0.1) is 5.92 Å². The van der Waals surface area contributed by atoms with E-state index in [2.05, 4.69) is 10.5 Å². The van der Waals surface area contributed by atoms with Crippen LogP contribution in [-0.2, 0) is 16.1 Å². The molecule has 1 aliphatic heterocycles. The number of carbonyl (C=O) groups excluding carboxylic acids is 1. The third kappa shape index (κ3) is 4.02. The molecule has 1 fully saturated rings. The van der Waals surface area contributed by atoms with Crippen molar-refractivity contribution >= 4 is 16.7 Å². The summed E-state index contributed by atoms with van der Waals surface area (Å²) >= 11 is 0. The first-order valence-corrected chi connectivity index (χ1v) is 9.63. The van der Waals surface area contributed by atoms with Crippen LogP contribution in [0.4, 0.5) is 4.39 Å². The lowest BCUT2D eigenvalue weighted by Gasteiger charge is -2.15. The molecular weight excluding hydrogens is 375 g/mol. The van der Waals surface area contributed by atoms with Gasteiger partial charge < -0.3 is 19.3 Å². The molecule has 2 heterocycles. The predicted octanol–water partition coefficient (Wildman–Crippen LogP) is 3.80. The minimum absolute atomic E-state index is 0.0377. The van der Waals surface area contributed by atoms with Crippen LogP contribution in [0.1, 0.15) is 39.9 Å². The quantitative estimate of drug-likeness (QED) is 0.655. The Kier molecular flexibility index (Phi) is 5.87. The summed E-state index contributed by atoms with van der Waals surface area (Å²) in [7, 11) is 1.52. The van der Waals surface area contributed by atoms with Crippen molar-refractivity contribution in [2.45, 2.75) is 19.2 Å². The lowest BCUT2D eigenvalue weighted by Crippen LogP contribution is -2.30. The minimum atomic E-state index is -0.873. The van der Waals surface area contributed by atoms with Gasteiger partial charge >= 0.3 is 0 Å². The second-order valence-electron chi connectivity index (χ2n) is 7.17. The lowest BCUT2D eigenvalue weighted by molar-refractivity contribution is 0.0932. The van der Waals surface area contributed by atoms with E-state index in [1.54, 1.807) is 0 Å². The normalized spacial score (nSPS) is 17.5. The number of halogens is 1. The summed E-state index contributed by atoms with van der Waals surface area (Å²) in [6.45, 7) is 0.909. The van der Waals surface area contributed by atoms with E-state index >= 15 is 0 Å². The molecular formula is C22H23FN2O4. The number of benzene rings is 2. The van der Waals surface area contributed by atoms with Crippen molar-refractivity contribution in [1.29, 1.82) is 0 Å². The van der Waals surface area contributed by atoms with Gasteiger partial charge in [0.1, 0.15) is 12.8 Å². The highest BCUT2D eigenvalue weighted by Crippen LogP contribution is 2.32. The number of alkyl halides is 1. The molecule has 6 nitrogen and oxygen atoms in total. The molecule has 29 heavy (non-hydrogen) atoms. The minimum Gasteiger partial charge on any atom is -0.381 e. The molecule has 1 aliphatic rings. The van der Waals surface area contributed by atoms with E-state index in [1.165, 1.54) is 7.11 Å². The van der Waals surface area contributed by atoms with Crippen LogP contribution in [-0.4, -0.2) is 37.9 Å². The Morgan fingerprint density at radius 1 is 1.31 bits per heavy atom. The number of hydrogen-bond donors (Lipinski definition) is 1. The number of fused-ring (bicyclic) bond motifs is 1. The van der Waals surface area contributed by atoms with Gasteiger partial charge in [-0.3, -0.25) is 4.79 Å². The zero-order valence-electron chi connectivity index (χ0n) is 16.2. The fraction of sp³-hybridized carbons (Fsp3) is 0.364. The second-order valence-corrected chi connectivity index (χ2v) is 7.17. The Morgan fingerprint density at radius 2 is 2.14 bits per heavy atom. The van der Waals surface area contributed by atoms with Gasteiger partial charge in [-0.05, 0) is 28.8 Å². The summed E-state index contributed by atoms with van der Waals surface area (Å²) in [5.41, 5.74) is 0.876. The summed E-state index contributed by atoms with van der Waals surface area (Å²) in [6, 6.07) is 13.8. The Balaban J connectivity index is 1.59. The highest BCUT2D eigenvalue weighted by molar-refractivity contribution is 5.93. The van der Waals surface area contributed by atoms with Gasteiger partial charge in [0, 0.05) is 26.2 Å². The van der Waals surface area contributed by atoms with Gasteiger partial charge in [0.2, 0.25) is 0 Å². The molecule has 1 aromatic heterocycles. The van der Waals surface area contributed by atoms with Gasteiger partial charge in [-0.15, -0.1) is 0 Å². The maximum absolute atomic E-state index is 13.9. The number of rotatable bonds is 7. The number of methoxy groups -OCH3 is 1. The summed E-state index contributed by atoms with van der Waals surface area (Å²) in [4.78, 5) is 12.5. The summed E-state index contributed by atoms with van der Waals surface area (Å²) < 4.78 is 30.2. The first-order valence-electron chi connectivity index (χ1n) is 9.63. The van der Waals surface area contributed by atoms with Crippen LogP contribution in [0.2, 0.25) is 0 Å². The van der Waals surface area contributed by atoms with E-state index in [9.17, 15) is 9.18 Å². The highest BCUT2D eigenvalue weighted by Gasteiger charge is 2.29. The maximum Gasteiger partial charge on any atom is 0.273 e. The zero-order valence-corrected chi connectivity index (χ0v) is 16.2. The fourth-order valence-corrected chi connectivity index (χ4v) is 3.67. The van der Waals surface area contributed by atoms with Crippen molar-refractivity contribution in [2.75, 3.05) is 26.9 Å². The average molecular weight is 398 g/mol. The first kappa shape index (κ1) is 19.5. The molecule has 3 aromatic rings. The van der Waals surface area contributed by atoms with E-state index < -0.39 is 18.7 Å². The average Bonchev–Trinajstić information content (AvgIpc) is 3.42. The molecule has 2 unspecified atom stereocenters. The lowest BCUT2D eigenvalue weighted by atomic mass is 9.99. The molecule has 7 heteroatoms. The maximum atomic E-state index is 13.9. The number of nitrogens with one attached hydrogen (secondary N) is 1. The van der Waals surface area contributed by atoms with Gasteiger partial charge in [-0.1, -0.05) is 41.6 Å². The van der Waals surface area contributed by atoms with Crippen molar-refractivity contribution in [3.05, 3.63) is 65.0 Å². The molecule has 2 atom stereocenters. The molecule has 1 saturated heterocycles. The molecule has 152 valence electrons. The fourth-order valence-electron chi connectivity index (χ4n) is 3.67. The topological polar surface area (TPSA) is 73.6 Å². The predicted molar refractivity (Wildman–Crippen MR) is 105 cm³/mol. The second kappa shape index (κ2) is 8.71. The van der Waals surface area contributed by atoms with Gasteiger partial charge in [-0.2, -0.15) is 0 Å². The Labute approximate surface area is 168 Å². The Hall–Kier alpha value is -2.77. The molecule has 0 bridgehead atoms. The first-order chi connectivity index (χ1) is 14.2. The van der Waals surface area contributed by atoms with Crippen LogP contribution in [0.5, 0.6) is 0 Å². The van der Waals surface area contributed by atoms with Crippen molar-refractivity contribution in [1.82, 2.24) is 10.5 Å². The molecule has 0 spiro atoms. The van der Waals surface area contributed by atoms with Crippen LogP contribution in [0.15, 0.2) is 47.0 Å². The van der Waals surface area contributed by atoms with Gasteiger partial charge in [0.25, 0.3) is 5.91 Å². The van der Waals surface area contributed by atoms with Crippen LogP contribution in [0.3, 0.4) is 0 Å². The van der Waals surface area contributed by atoms with Gasteiger partial charge in [-0.25, -0.2) is 4.39 Å². The van der Waals surface area contributed by atoms with E-state index in [0.29, 0.717) is 19.8 Å². The smallest absolute Gasteiger partial charge is 0.273 e. The number of amides is 1. The van der Waals surface area contributed by atoms with Gasteiger partial charge in [0.05, 0.1) is 12.2 Å². The Morgan fingerprint density at radius 3 is 2.86 bits per heavy atom. The number of nitrogens with zero attached hydrogens (tertiary/aromatic N) is 1. The monoisotopic (exact) mass is 398 g/mol. The van der Waals surface area contributed by atoms with Crippen molar-refractivity contribution in [3.63, 3.8) is 0 Å². The summed E-state index contributed by atoms with van der Waals surface area (Å²) in [5.74, 6) is 0.0241. The third-order valence-electron chi connectivity index (χ3n) is 5.29. The van der Waals surface area contributed by atoms with Crippen LogP contribution >= 0.6 is 0 Å². The number of hydrogen-bond acceptors (Lipinski definition) is 5. The van der Waals surface area contributed by atoms with E-state index in [0.717, 1.165) is 22.8 Å². The molecule has 0 saturated carbocycles. The number of ether oxygens (including phenoxy) is 2. The van der Waals surface area contributed by atoms with E-state index in [1.807, 2.05) is 42.5 Å². The van der Waals surface area contributed by atoms with E-state index in [4.69, 9.17) is 14.0 Å². The molecule has 2 aromatic carbocycles. The molecule has 1 N–H and O–H groups in total. The van der Waals surface area contributed by atoms with Crippen molar-refractivity contribution < 1.29 is 23.2 Å². The summed E-state index contributed by atoms with van der Waals surface area (Å²) in [6.07, 6.45) is 0.233. The van der Waals surface area contributed by atoms with Crippen molar-refractivity contribution in [3.8, 4) is 0 Å². The molecule has 4 rings (SSSR count). The molecule has 0 radical (unpaired) electrons. The number of aromatic nitrogens is 1. The van der Waals surface area contributed by atoms with E-state index in [-0.39, 0.29) is 22.9 Å². The van der Waals surface area contributed by atoms with Crippen LogP contribution < -0.4 is 5.32 Å². The molecule has 0 aliphatic carbocycles. The van der Waals surface area contributed by atoms with Crippen molar-refractivity contribution in [2.24, 2.45) is 5.92 Å². The summed E-state index contributed by atoms with van der Waals surface area (Å²) in [5, 5.41) is 8.77. The highest BCUT2D eigenvalue weighted by atomic mass is 19.1. The molecule has 1 amide bonds. The van der Waals surface area contributed by atoms with Gasteiger partial charge in [0.15, 0.2) is 11.5 Å². The number of carbonyl (C=O) groups is 1.